The molecule has 0 radical (unpaired) electrons. The second-order valence-electron chi connectivity index (χ2n) is 8.19. The summed E-state index contributed by atoms with van der Waals surface area (Å²) in [6, 6.07) is 11.7. The highest BCUT2D eigenvalue weighted by molar-refractivity contribution is 7.89. The summed E-state index contributed by atoms with van der Waals surface area (Å²) in [5, 5.41) is 6.81. The van der Waals surface area contributed by atoms with Gasteiger partial charge in [0.15, 0.2) is 17.3 Å². The number of carbonyl (C=O) groups excluding carboxylic acids is 1. The molecule has 176 valence electrons. The van der Waals surface area contributed by atoms with Gasteiger partial charge in [0, 0.05) is 12.5 Å². The van der Waals surface area contributed by atoms with E-state index >= 15 is 0 Å². The van der Waals surface area contributed by atoms with Crippen molar-refractivity contribution in [1.82, 2.24) is 9.88 Å². The van der Waals surface area contributed by atoms with E-state index in [1.54, 1.807) is 49.4 Å². The van der Waals surface area contributed by atoms with Crippen LogP contribution in [-0.2, 0) is 21.4 Å². The van der Waals surface area contributed by atoms with E-state index in [0.717, 1.165) is 24.0 Å². The molecule has 0 atom stereocenters. The topological polar surface area (TPSA) is 120 Å². The van der Waals surface area contributed by atoms with Gasteiger partial charge in [0.05, 0.1) is 4.90 Å². The van der Waals surface area contributed by atoms with Gasteiger partial charge in [-0.2, -0.15) is 0 Å². The Labute approximate surface area is 196 Å². The van der Waals surface area contributed by atoms with E-state index in [0.29, 0.717) is 28.6 Å². The molecule has 2 N–H and O–H groups in total. The molecule has 3 aromatic rings. The molecule has 0 spiro atoms. The van der Waals surface area contributed by atoms with Crippen LogP contribution in [0.2, 0.25) is 0 Å². The van der Waals surface area contributed by atoms with Crippen LogP contribution in [0.1, 0.15) is 35.4 Å². The first-order valence-electron chi connectivity index (χ1n) is 10.8. The number of nitrogens with one attached hydrogen (secondary N) is 2. The Morgan fingerprint density at radius 3 is 2.62 bits per heavy atom. The molecule has 1 aliphatic heterocycles. The van der Waals surface area contributed by atoms with Crippen LogP contribution in [-0.4, -0.2) is 26.3 Å². The summed E-state index contributed by atoms with van der Waals surface area (Å²) >= 11 is 0. The lowest BCUT2D eigenvalue weighted by molar-refractivity contribution is -0.117. The first kappa shape index (κ1) is 22.2. The number of hydrogen-bond donors (Lipinski definition) is 2. The molecule has 1 saturated carbocycles. The highest BCUT2D eigenvalue weighted by Gasteiger charge is 2.30. The van der Waals surface area contributed by atoms with Gasteiger partial charge in [-0.05, 0) is 61.2 Å². The van der Waals surface area contributed by atoms with E-state index in [4.69, 9.17) is 14.0 Å². The van der Waals surface area contributed by atoms with Gasteiger partial charge in [-0.15, -0.1) is 0 Å². The fraction of sp³-hybridized carbons (Fsp3) is 0.250. The summed E-state index contributed by atoms with van der Waals surface area (Å²) in [6.07, 6.45) is 5.28. The molecular weight excluding hydrogens is 458 g/mol. The lowest BCUT2D eigenvalue weighted by Gasteiger charge is -2.08. The molecule has 0 unspecified atom stereocenters. The van der Waals surface area contributed by atoms with Crippen molar-refractivity contribution in [2.45, 2.75) is 31.2 Å². The number of hydrogen-bond acceptors (Lipinski definition) is 7. The molecule has 2 aliphatic rings. The molecular formula is C24H23N3O6S. The quantitative estimate of drug-likeness (QED) is 0.503. The zero-order valence-corrected chi connectivity index (χ0v) is 19.2. The third-order valence-corrected chi connectivity index (χ3v) is 7.02. The van der Waals surface area contributed by atoms with Crippen LogP contribution >= 0.6 is 0 Å². The highest BCUT2D eigenvalue weighted by atomic mass is 32.2. The molecule has 5 rings (SSSR count). The molecule has 0 bridgehead atoms. The SMILES string of the molecule is Cc1noc(C=Cc2ccc(S(=O)(=O)NCc3ccc4c(c3)OCO4)cc2)c1NC(=O)C1CC1. The van der Waals surface area contributed by atoms with E-state index < -0.39 is 10.0 Å². The lowest BCUT2D eigenvalue weighted by atomic mass is 10.2. The number of anilines is 1. The number of aryl methyl sites for hydroxylation is 1. The Morgan fingerprint density at radius 2 is 1.85 bits per heavy atom. The van der Waals surface area contributed by atoms with Crippen LogP contribution in [0.3, 0.4) is 0 Å². The smallest absolute Gasteiger partial charge is 0.240 e. The fourth-order valence-electron chi connectivity index (χ4n) is 3.47. The first-order chi connectivity index (χ1) is 16.4. The van der Waals surface area contributed by atoms with Crippen LogP contribution in [0, 0.1) is 12.8 Å². The molecule has 34 heavy (non-hydrogen) atoms. The van der Waals surface area contributed by atoms with E-state index in [2.05, 4.69) is 15.2 Å². The van der Waals surface area contributed by atoms with Gasteiger partial charge < -0.3 is 19.3 Å². The van der Waals surface area contributed by atoms with E-state index in [9.17, 15) is 13.2 Å². The van der Waals surface area contributed by atoms with Gasteiger partial charge >= 0.3 is 0 Å². The van der Waals surface area contributed by atoms with Gasteiger partial charge in [-0.3, -0.25) is 4.79 Å². The molecule has 10 heteroatoms. The average molecular weight is 482 g/mol. The largest absolute Gasteiger partial charge is 0.454 e. The molecule has 1 aliphatic carbocycles. The summed E-state index contributed by atoms with van der Waals surface area (Å²) in [6.45, 7) is 2.05. The van der Waals surface area contributed by atoms with Crippen molar-refractivity contribution in [2.24, 2.45) is 5.92 Å². The summed E-state index contributed by atoms with van der Waals surface area (Å²) in [4.78, 5) is 12.2. The Balaban J connectivity index is 1.23. The maximum atomic E-state index is 12.7. The maximum absolute atomic E-state index is 12.7. The standard InChI is InChI=1S/C24H23N3O6S/c1-15-23(26-24(28)18-6-7-18)21(33-27-15)11-4-16-2-8-19(9-3-16)34(29,30)25-13-17-5-10-20-22(12-17)32-14-31-20/h2-5,8-12,18,25H,6-7,13-14H2,1H3,(H,26,28). The minimum absolute atomic E-state index is 0.0243. The molecule has 0 saturated heterocycles. The van der Waals surface area contributed by atoms with Crippen LogP contribution in [0.4, 0.5) is 5.69 Å². The second-order valence-corrected chi connectivity index (χ2v) is 9.95. The summed E-state index contributed by atoms with van der Waals surface area (Å²) < 4.78 is 43.9. The number of amides is 1. The third-order valence-electron chi connectivity index (χ3n) is 5.61. The van der Waals surface area contributed by atoms with E-state index in [1.807, 2.05) is 0 Å². The summed E-state index contributed by atoms with van der Waals surface area (Å²) in [5.41, 5.74) is 2.69. The minimum atomic E-state index is -3.70. The number of nitrogens with zero attached hydrogens (tertiary/aromatic N) is 1. The van der Waals surface area contributed by atoms with Crippen molar-refractivity contribution in [3.63, 3.8) is 0 Å². The van der Waals surface area contributed by atoms with Crippen LogP contribution < -0.4 is 19.5 Å². The molecule has 1 amide bonds. The molecule has 9 nitrogen and oxygen atoms in total. The highest BCUT2D eigenvalue weighted by Crippen LogP contribution is 2.33. The van der Waals surface area contributed by atoms with E-state index in [1.165, 1.54) is 12.1 Å². The Hall–Kier alpha value is -3.63. The van der Waals surface area contributed by atoms with Crippen molar-refractivity contribution in [2.75, 3.05) is 12.1 Å². The monoisotopic (exact) mass is 481 g/mol. The number of carbonyl (C=O) groups is 1. The third kappa shape index (κ3) is 4.82. The van der Waals surface area contributed by atoms with Gasteiger partial charge in [0.1, 0.15) is 11.4 Å². The normalized spacial score (nSPS) is 15.1. The van der Waals surface area contributed by atoms with Crippen molar-refractivity contribution in [3.8, 4) is 11.5 Å². The molecule has 1 fully saturated rings. The average Bonchev–Trinajstić information content (AvgIpc) is 3.50. The van der Waals surface area contributed by atoms with Crippen LogP contribution in [0.15, 0.2) is 51.9 Å². The van der Waals surface area contributed by atoms with Crippen molar-refractivity contribution in [3.05, 3.63) is 65.0 Å². The van der Waals surface area contributed by atoms with Crippen LogP contribution in [0.25, 0.3) is 12.2 Å². The van der Waals surface area contributed by atoms with Gasteiger partial charge in [-0.1, -0.05) is 29.4 Å². The number of aromatic nitrogens is 1. The minimum Gasteiger partial charge on any atom is -0.454 e. The number of fused-ring (bicyclic) bond motifs is 1. The van der Waals surface area contributed by atoms with Crippen molar-refractivity contribution >= 4 is 33.8 Å². The summed E-state index contributed by atoms with van der Waals surface area (Å²) in [5.74, 6) is 1.73. The predicted octanol–water partition coefficient (Wildman–Crippen LogP) is 3.71. The predicted molar refractivity (Wildman–Crippen MR) is 125 cm³/mol. The number of benzene rings is 2. The molecule has 1 aromatic heterocycles. The Bertz CT molecular complexity index is 1360. The van der Waals surface area contributed by atoms with Crippen molar-refractivity contribution in [1.29, 1.82) is 0 Å². The maximum Gasteiger partial charge on any atom is 0.240 e. The van der Waals surface area contributed by atoms with Gasteiger partial charge in [0.2, 0.25) is 22.7 Å². The number of rotatable bonds is 8. The Kier molecular flexibility index (Phi) is 5.84. The second kappa shape index (κ2) is 8.96. The van der Waals surface area contributed by atoms with Crippen LogP contribution in [0.5, 0.6) is 11.5 Å². The Morgan fingerprint density at radius 1 is 1.09 bits per heavy atom. The van der Waals surface area contributed by atoms with Gasteiger partial charge in [-0.25, -0.2) is 13.1 Å². The zero-order valence-electron chi connectivity index (χ0n) is 18.4. The molecule has 2 heterocycles. The van der Waals surface area contributed by atoms with E-state index in [-0.39, 0.29) is 30.1 Å². The van der Waals surface area contributed by atoms with Gasteiger partial charge in [0.25, 0.3) is 0 Å². The zero-order chi connectivity index (χ0) is 23.7. The van der Waals surface area contributed by atoms with Crippen molar-refractivity contribution < 1.29 is 27.2 Å². The summed E-state index contributed by atoms with van der Waals surface area (Å²) in [7, 11) is -3.70. The number of ether oxygens (including phenoxy) is 2. The first-order valence-corrected chi connectivity index (χ1v) is 12.3. The molecule has 2 aromatic carbocycles. The lowest BCUT2D eigenvalue weighted by Crippen LogP contribution is -2.23. The number of sulfonamides is 1. The fourth-order valence-corrected chi connectivity index (χ4v) is 4.48.